The summed E-state index contributed by atoms with van der Waals surface area (Å²) in [6.07, 6.45) is 1.66. The van der Waals surface area contributed by atoms with Crippen LogP contribution in [0.15, 0.2) is 63.5 Å². The summed E-state index contributed by atoms with van der Waals surface area (Å²) in [5, 5.41) is 6.28. The molecule has 124 valence electrons. The Hall–Kier alpha value is -2.60. The second-order valence-electron chi connectivity index (χ2n) is 5.49. The summed E-state index contributed by atoms with van der Waals surface area (Å²) in [5.74, 6) is 1.64. The Morgan fingerprint density at radius 3 is 2.75 bits per heavy atom. The Kier molecular flexibility index (Phi) is 5.28. The maximum absolute atomic E-state index is 5.38. The molecular weight excluding hydrogens is 320 g/mol. The first-order valence-electron chi connectivity index (χ1n) is 7.70. The lowest BCUT2D eigenvalue weighted by Gasteiger charge is -2.17. The van der Waals surface area contributed by atoms with Crippen molar-refractivity contribution in [1.29, 1.82) is 0 Å². The van der Waals surface area contributed by atoms with Gasteiger partial charge >= 0.3 is 0 Å². The lowest BCUT2D eigenvalue weighted by molar-refractivity contribution is 0.576. The smallest absolute Gasteiger partial charge is 0.194 e. The normalized spacial score (nSPS) is 11.5. The Morgan fingerprint density at radius 1 is 1.21 bits per heavy atom. The SMILES string of the molecule is CN(C)C(=NCc1ccccc1)NCc1csc(-c2ccco2)n1. The number of thiazole rings is 1. The second-order valence-corrected chi connectivity index (χ2v) is 6.35. The molecule has 2 aromatic heterocycles. The first kappa shape index (κ1) is 16.3. The Labute approximate surface area is 145 Å². The van der Waals surface area contributed by atoms with Crippen molar-refractivity contribution in [2.24, 2.45) is 4.99 Å². The Morgan fingerprint density at radius 2 is 2.04 bits per heavy atom. The molecule has 0 bridgehead atoms. The molecule has 0 spiro atoms. The van der Waals surface area contributed by atoms with Gasteiger partial charge in [0.25, 0.3) is 0 Å². The van der Waals surface area contributed by atoms with Gasteiger partial charge in [-0.1, -0.05) is 30.3 Å². The van der Waals surface area contributed by atoms with Crippen LogP contribution in [0.3, 0.4) is 0 Å². The number of benzene rings is 1. The van der Waals surface area contributed by atoms with Gasteiger partial charge in [-0.3, -0.25) is 0 Å². The van der Waals surface area contributed by atoms with Gasteiger partial charge in [0, 0.05) is 19.5 Å². The van der Waals surface area contributed by atoms with Crippen LogP contribution in [0.4, 0.5) is 0 Å². The van der Waals surface area contributed by atoms with Crippen molar-refractivity contribution in [2.45, 2.75) is 13.1 Å². The van der Waals surface area contributed by atoms with E-state index in [1.807, 2.05) is 54.7 Å². The zero-order chi connectivity index (χ0) is 16.8. The van der Waals surface area contributed by atoms with Crippen molar-refractivity contribution in [2.75, 3.05) is 14.1 Å². The van der Waals surface area contributed by atoms with E-state index in [2.05, 4.69) is 27.4 Å². The predicted octanol–water partition coefficient (Wildman–Crippen LogP) is 3.61. The van der Waals surface area contributed by atoms with Crippen LogP contribution in [0.25, 0.3) is 10.8 Å². The molecule has 24 heavy (non-hydrogen) atoms. The molecule has 0 atom stereocenters. The summed E-state index contributed by atoms with van der Waals surface area (Å²) in [7, 11) is 3.96. The van der Waals surface area contributed by atoms with Crippen LogP contribution < -0.4 is 5.32 Å². The molecule has 0 unspecified atom stereocenters. The average Bonchev–Trinajstić information content (AvgIpc) is 3.27. The van der Waals surface area contributed by atoms with Crippen LogP contribution in [-0.2, 0) is 13.1 Å². The lowest BCUT2D eigenvalue weighted by Crippen LogP contribution is -2.36. The van der Waals surface area contributed by atoms with Crippen molar-refractivity contribution >= 4 is 17.3 Å². The van der Waals surface area contributed by atoms with E-state index in [4.69, 9.17) is 4.42 Å². The molecule has 0 aliphatic carbocycles. The van der Waals surface area contributed by atoms with Gasteiger partial charge in [-0.25, -0.2) is 9.98 Å². The van der Waals surface area contributed by atoms with E-state index in [9.17, 15) is 0 Å². The van der Waals surface area contributed by atoms with Crippen molar-refractivity contribution < 1.29 is 4.42 Å². The lowest BCUT2D eigenvalue weighted by atomic mass is 10.2. The zero-order valence-corrected chi connectivity index (χ0v) is 14.6. The number of hydrogen-bond acceptors (Lipinski definition) is 4. The largest absolute Gasteiger partial charge is 0.462 e. The number of hydrogen-bond donors (Lipinski definition) is 1. The summed E-state index contributed by atoms with van der Waals surface area (Å²) >= 11 is 1.58. The number of furan rings is 1. The van der Waals surface area contributed by atoms with Crippen molar-refractivity contribution in [1.82, 2.24) is 15.2 Å². The van der Waals surface area contributed by atoms with Crippen LogP contribution in [0.1, 0.15) is 11.3 Å². The van der Waals surface area contributed by atoms with E-state index in [0.29, 0.717) is 13.1 Å². The maximum Gasteiger partial charge on any atom is 0.194 e. The molecule has 0 radical (unpaired) electrons. The molecule has 1 N–H and O–H groups in total. The molecule has 1 aromatic carbocycles. The van der Waals surface area contributed by atoms with E-state index >= 15 is 0 Å². The molecule has 6 heteroatoms. The van der Waals surface area contributed by atoms with E-state index < -0.39 is 0 Å². The number of nitrogens with one attached hydrogen (secondary N) is 1. The highest BCUT2D eigenvalue weighted by Crippen LogP contribution is 2.23. The third-order valence-electron chi connectivity index (χ3n) is 3.39. The maximum atomic E-state index is 5.38. The predicted molar refractivity (Wildman–Crippen MR) is 97.9 cm³/mol. The molecule has 0 saturated heterocycles. The number of aromatic nitrogens is 1. The van der Waals surface area contributed by atoms with Crippen LogP contribution in [0, 0.1) is 0 Å². The molecule has 0 amide bonds. The van der Waals surface area contributed by atoms with Gasteiger partial charge in [0.05, 0.1) is 25.0 Å². The summed E-state index contributed by atoms with van der Waals surface area (Å²) in [6.45, 7) is 1.28. The molecule has 3 aromatic rings. The first-order chi connectivity index (χ1) is 11.7. The molecular formula is C18H20N4OS. The second kappa shape index (κ2) is 7.79. The third kappa shape index (κ3) is 4.23. The molecule has 0 saturated carbocycles. The highest BCUT2D eigenvalue weighted by atomic mass is 32.1. The van der Waals surface area contributed by atoms with Gasteiger partial charge < -0.3 is 14.6 Å². The van der Waals surface area contributed by atoms with E-state index in [-0.39, 0.29) is 0 Å². The topological polar surface area (TPSA) is 53.7 Å². The average molecular weight is 340 g/mol. The van der Waals surface area contributed by atoms with Crippen molar-refractivity contribution in [3.8, 4) is 10.8 Å². The van der Waals surface area contributed by atoms with E-state index in [0.717, 1.165) is 22.4 Å². The quantitative estimate of drug-likeness (QED) is 0.569. The Balaban J connectivity index is 1.62. The number of aliphatic imine (C=N–C) groups is 1. The molecule has 0 aliphatic rings. The minimum atomic E-state index is 0.628. The highest BCUT2D eigenvalue weighted by Gasteiger charge is 2.08. The molecule has 2 heterocycles. The minimum absolute atomic E-state index is 0.628. The van der Waals surface area contributed by atoms with Crippen LogP contribution >= 0.6 is 11.3 Å². The van der Waals surface area contributed by atoms with Crippen molar-refractivity contribution in [3.63, 3.8) is 0 Å². The zero-order valence-electron chi connectivity index (χ0n) is 13.8. The van der Waals surface area contributed by atoms with Gasteiger partial charge in [-0.15, -0.1) is 11.3 Å². The summed E-state index contributed by atoms with van der Waals surface area (Å²) in [5.41, 5.74) is 2.16. The summed E-state index contributed by atoms with van der Waals surface area (Å²) in [6, 6.07) is 14.0. The first-order valence-corrected chi connectivity index (χ1v) is 8.58. The van der Waals surface area contributed by atoms with Gasteiger partial charge in [0.15, 0.2) is 16.7 Å². The number of guanidine groups is 1. The fraction of sp³-hybridized carbons (Fsp3) is 0.222. The van der Waals surface area contributed by atoms with Crippen molar-refractivity contribution in [3.05, 3.63) is 65.4 Å². The summed E-state index contributed by atoms with van der Waals surface area (Å²) < 4.78 is 5.38. The van der Waals surface area contributed by atoms with Gasteiger partial charge in [0.2, 0.25) is 0 Å². The molecule has 3 rings (SSSR count). The molecule has 0 aliphatic heterocycles. The highest BCUT2D eigenvalue weighted by molar-refractivity contribution is 7.13. The Bertz CT molecular complexity index is 778. The standard InChI is InChI=1S/C18H20N4OS/c1-22(2)18(19-11-14-7-4-3-5-8-14)20-12-15-13-24-17(21-15)16-9-6-10-23-16/h3-10,13H,11-12H2,1-2H3,(H,19,20). The fourth-order valence-electron chi connectivity index (χ4n) is 2.18. The number of rotatable bonds is 5. The number of nitrogens with zero attached hydrogens (tertiary/aromatic N) is 3. The minimum Gasteiger partial charge on any atom is -0.462 e. The van der Waals surface area contributed by atoms with E-state index in [1.165, 1.54) is 5.56 Å². The monoisotopic (exact) mass is 340 g/mol. The van der Waals surface area contributed by atoms with Gasteiger partial charge in [-0.05, 0) is 17.7 Å². The van der Waals surface area contributed by atoms with Gasteiger partial charge in [0.1, 0.15) is 0 Å². The fourth-order valence-corrected chi connectivity index (χ4v) is 2.96. The third-order valence-corrected chi connectivity index (χ3v) is 4.29. The van der Waals surface area contributed by atoms with Crippen LogP contribution in [0.2, 0.25) is 0 Å². The van der Waals surface area contributed by atoms with Crippen LogP contribution in [-0.4, -0.2) is 29.9 Å². The summed E-state index contributed by atoms with van der Waals surface area (Å²) in [4.78, 5) is 11.2. The van der Waals surface area contributed by atoms with Crippen LogP contribution in [0.5, 0.6) is 0 Å². The molecule has 0 fully saturated rings. The van der Waals surface area contributed by atoms with E-state index in [1.54, 1.807) is 17.6 Å². The van der Waals surface area contributed by atoms with Gasteiger partial charge in [-0.2, -0.15) is 0 Å². The molecule has 5 nitrogen and oxygen atoms in total.